The van der Waals surface area contributed by atoms with Crippen LogP contribution < -0.4 is 10.1 Å². The van der Waals surface area contributed by atoms with Crippen LogP contribution in [0.1, 0.15) is 33.3 Å². The average Bonchev–Trinajstić information content (AvgIpc) is 2.34. The van der Waals surface area contributed by atoms with Gasteiger partial charge in [0.2, 0.25) is 0 Å². The Hall–Kier alpha value is -1.48. The predicted octanol–water partition coefficient (Wildman–Crippen LogP) is 3.19. The topological polar surface area (TPSA) is 41.5 Å². The number of phenols is 1. The fraction of sp³-hybridized carbons (Fsp3) is 0.467. The summed E-state index contributed by atoms with van der Waals surface area (Å²) in [4.78, 5) is 0. The molecule has 1 atom stereocenters. The molecule has 0 bridgehead atoms. The van der Waals surface area contributed by atoms with E-state index in [0.29, 0.717) is 18.4 Å². The van der Waals surface area contributed by atoms with Crippen LogP contribution in [0.4, 0.5) is 0 Å². The fourth-order valence-corrected chi connectivity index (χ4v) is 1.75. The summed E-state index contributed by atoms with van der Waals surface area (Å²) in [6.07, 6.45) is 2.11. The molecule has 1 rings (SSSR count). The minimum atomic E-state index is 0.186. The highest BCUT2D eigenvalue weighted by Crippen LogP contribution is 2.27. The standard InChI is InChI=1S/C15H23NO2/c1-5-16-12(4)11(3)9-13-7-8-14(17)15(10-13)18-6-2/h7-10,12,16-17H,5-6H2,1-4H3/b11-9+. The molecule has 3 nitrogen and oxygen atoms in total. The second-order valence-electron chi connectivity index (χ2n) is 4.33. The van der Waals surface area contributed by atoms with Gasteiger partial charge in [0.05, 0.1) is 6.61 Å². The van der Waals surface area contributed by atoms with E-state index in [4.69, 9.17) is 4.74 Å². The molecule has 0 spiro atoms. The molecule has 1 unspecified atom stereocenters. The maximum Gasteiger partial charge on any atom is 0.161 e. The van der Waals surface area contributed by atoms with Gasteiger partial charge in [-0.2, -0.15) is 0 Å². The maximum atomic E-state index is 9.64. The fourth-order valence-electron chi connectivity index (χ4n) is 1.75. The molecule has 1 aromatic carbocycles. The molecule has 1 aromatic rings. The molecule has 18 heavy (non-hydrogen) atoms. The lowest BCUT2D eigenvalue weighted by Gasteiger charge is -2.13. The Morgan fingerprint density at radius 2 is 2.17 bits per heavy atom. The van der Waals surface area contributed by atoms with Gasteiger partial charge in [0.1, 0.15) is 0 Å². The third kappa shape index (κ3) is 4.08. The summed E-state index contributed by atoms with van der Waals surface area (Å²) in [6, 6.07) is 5.77. The highest BCUT2D eigenvalue weighted by molar-refractivity contribution is 5.58. The Morgan fingerprint density at radius 1 is 1.44 bits per heavy atom. The van der Waals surface area contributed by atoms with Gasteiger partial charge in [0.25, 0.3) is 0 Å². The third-order valence-electron chi connectivity index (χ3n) is 2.87. The number of rotatable bonds is 6. The van der Waals surface area contributed by atoms with Gasteiger partial charge in [-0.1, -0.05) is 24.6 Å². The van der Waals surface area contributed by atoms with Crippen molar-refractivity contribution in [1.29, 1.82) is 0 Å². The normalized spacial score (nSPS) is 13.4. The number of aromatic hydroxyl groups is 1. The second kappa shape index (κ2) is 7.07. The molecule has 0 aliphatic heterocycles. The minimum Gasteiger partial charge on any atom is -0.504 e. The first-order chi connectivity index (χ1) is 8.58. The Bertz CT molecular complexity index is 413. The van der Waals surface area contributed by atoms with Crippen molar-refractivity contribution in [3.63, 3.8) is 0 Å². The average molecular weight is 249 g/mol. The molecule has 2 N–H and O–H groups in total. The smallest absolute Gasteiger partial charge is 0.161 e. The number of phenolic OH excluding ortho intramolecular Hbond substituents is 1. The molecule has 100 valence electrons. The molecule has 0 saturated heterocycles. The van der Waals surface area contributed by atoms with Crippen molar-refractivity contribution in [2.45, 2.75) is 33.7 Å². The van der Waals surface area contributed by atoms with Gasteiger partial charge in [-0.3, -0.25) is 0 Å². The molecule has 0 amide bonds. The molecule has 0 aromatic heterocycles. The van der Waals surface area contributed by atoms with Gasteiger partial charge in [0, 0.05) is 6.04 Å². The Morgan fingerprint density at radius 3 is 2.78 bits per heavy atom. The summed E-state index contributed by atoms with van der Waals surface area (Å²) in [5, 5.41) is 13.0. The van der Waals surface area contributed by atoms with Gasteiger partial charge < -0.3 is 15.2 Å². The van der Waals surface area contributed by atoms with Gasteiger partial charge in [-0.25, -0.2) is 0 Å². The van der Waals surface area contributed by atoms with Crippen LogP contribution in [0.15, 0.2) is 23.8 Å². The maximum absolute atomic E-state index is 9.64. The van der Waals surface area contributed by atoms with Gasteiger partial charge in [-0.05, 0) is 45.0 Å². The Labute approximate surface area is 109 Å². The molecule has 0 saturated carbocycles. The van der Waals surface area contributed by atoms with E-state index in [1.165, 1.54) is 5.57 Å². The lowest BCUT2D eigenvalue weighted by atomic mass is 10.1. The number of ether oxygens (including phenoxy) is 1. The van der Waals surface area contributed by atoms with Crippen molar-refractivity contribution >= 4 is 6.08 Å². The number of benzene rings is 1. The first kappa shape index (κ1) is 14.6. The molecular weight excluding hydrogens is 226 g/mol. The summed E-state index contributed by atoms with van der Waals surface area (Å²) in [6.45, 7) is 9.73. The molecular formula is C15H23NO2. The first-order valence-electron chi connectivity index (χ1n) is 6.45. The lowest BCUT2D eigenvalue weighted by molar-refractivity contribution is 0.318. The van der Waals surface area contributed by atoms with Crippen molar-refractivity contribution in [3.8, 4) is 11.5 Å². The van der Waals surface area contributed by atoms with Crippen molar-refractivity contribution in [2.24, 2.45) is 0 Å². The summed E-state index contributed by atoms with van der Waals surface area (Å²) < 4.78 is 5.37. The predicted molar refractivity (Wildman–Crippen MR) is 76.1 cm³/mol. The number of hydrogen-bond acceptors (Lipinski definition) is 3. The van der Waals surface area contributed by atoms with Crippen LogP contribution >= 0.6 is 0 Å². The molecule has 0 radical (unpaired) electrons. The van der Waals surface area contributed by atoms with Crippen molar-refractivity contribution in [1.82, 2.24) is 5.32 Å². The highest BCUT2D eigenvalue weighted by Gasteiger charge is 2.05. The van der Waals surface area contributed by atoms with Crippen LogP contribution in [0.3, 0.4) is 0 Å². The van der Waals surface area contributed by atoms with E-state index in [2.05, 4.69) is 32.2 Å². The van der Waals surface area contributed by atoms with E-state index in [0.717, 1.165) is 12.1 Å². The highest BCUT2D eigenvalue weighted by atomic mass is 16.5. The molecule has 0 fully saturated rings. The van der Waals surface area contributed by atoms with Crippen molar-refractivity contribution < 1.29 is 9.84 Å². The second-order valence-corrected chi connectivity index (χ2v) is 4.33. The zero-order chi connectivity index (χ0) is 13.5. The summed E-state index contributed by atoms with van der Waals surface area (Å²) in [5.41, 5.74) is 2.29. The van der Waals surface area contributed by atoms with Gasteiger partial charge >= 0.3 is 0 Å². The van der Waals surface area contributed by atoms with Crippen molar-refractivity contribution in [3.05, 3.63) is 29.3 Å². The lowest BCUT2D eigenvalue weighted by Crippen LogP contribution is -2.26. The number of nitrogens with one attached hydrogen (secondary N) is 1. The van der Waals surface area contributed by atoms with E-state index < -0.39 is 0 Å². The van der Waals surface area contributed by atoms with Crippen LogP contribution in [-0.2, 0) is 0 Å². The summed E-state index contributed by atoms with van der Waals surface area (Å²) >= 11 is 0. The van der Waals surface area contributed by atoms with Gasteiger partial charge in [0.15, 0.2) is 11.5 Å². The quantitative estimate of drug-likeness (QED) is 0.813. The van der Waals surface area contributed by atoms with Crippen LogP contribution in [-0.4, -0.2) is 24.3 Å². The van der Waals surface area contributed by atoms with E-state index in [1.807, 2.05) is 19.1 Å². The van der Waals surface area contributed by atoms with E-state index in [-0.39, 0.29) is 5.75 Å². The number of likely N-dealkylation sites (N-methyl/N-ethyl adjacent to an activating group) is 1. The van der Waals surface area contributed by atoms with E-state index in [1.54, 1.807) is 6.07 Å². The molecule has 0 aliphatic rings. The van der Waals surface area contributed by atoms with Gasteiger partial charge in [-0.15, -0.1) is 0 Å². The van der Waals surface area contributed by atoms with Crippen LogP contribution in [0.2, 0.25) is 0 Å². The molecule has 0 aliphatic carbocycles. The largest absolute Gasteiger partial charge is 0.504 e. The minimum absolute atomic E-state index is 0.186. The Balaban J connectivity index is 2.89. The Kier molecular flexibility index (Phi) is 5.72. The molecule has 0 heterocycles. The van der Waals surface area contributed by atoms with E-state index >= 15 is 0 Å². The van der Waals surface area contributed by atoms with Crippen molar-refractivity contribution in [2.75, 3.05) is 13.2 Å². The van der Waals surface area contributed by atoms with Crippen LogP contribution in [0.25, 0.3) is 6.08 Å². The van der Waals surface area contributed by atoms with Crippen LogP contribution in [0.5, 0.6) is 11.5 Å². The first-order valence-corrected chi connectivity index (χ1v) is 6.45. The number of hydrogen-bond donors (Lipinski definition) is 2. The SMILES string of the molecule is CCNC(C)/C(C)=C/c1ccc(O)c(OCC)c1. The van der Waals surface area contributed by atoms with E-state index in [9.17, 15) is 5.11 Å². The zero-order valence-electron chi connectivity index (χ0n) is 11.7. The summed E-state index contributed by atoms with van der Waals surface area (Å²) in [7, 11) is 0. The summed E-state index contributed by atoms with van der Waals surface area (Å²) in [5.74, 6) is 0.724. The monoisotopic (exact) mass is 249 g/mol. The third-order valence-corrected chi connectivity index (χ3v) is 2.87. The zero-order valence-corrected chi connectivity index (χ0v) is 11.7. The molecule has 3 heteroatoms. The van der Waals surface area contributed by atoms with Crippen LogP contribution in [0, 0.1) is 0 Å².